The van der Waals surface area contributed by atoms with Crippen LogP contribution in [0, 0.1) is 0 Å². The molecule has 25 heavy (non-hydrogen) atoms. The Morgan fingerprint density at radius 1 is 1.24 bits per heavy atom. The number of carbonyl (C=O) groups is 1. The molecule has 1 saturated heterocycles. The van der Waals surface area contributed by atoms with Crippen LogP contribution in [0.1, 0.15) is 9.67 Å². The smallest absolute Gasteiger partial charge is 0.261 e. The van der Waals surface area contributed by atoms with Crippen LogP contribution in [0.3, 0.4) is 0 Å². The van der Waals surface area contributed by atoms with Crippen LogP contribution in [0.15, 0.2) is 35.1 Å². The van der Waals surface area contributed by atoms with Gasteiger partial charge in [-0.15, -0.1) is 0 Å². The molecule has 0 atom stereocenters. The first-order valence-corrected chi connectivity index (χ1v) is 9.17. The quantitative estimate of drug-likeness (QED) is 0.747. The van der Waals surface area contributed by atoms with Gasteiger partial charge in [-0.1, -0.05) is 29.5 Å². The summed E-state index contributed by atoms with van der Waals surface area (Å²) in [7, 11) is 0. The number of rotatable bonds is 4. The number of nitrogens with one attached hydrogen (secondary N) is 2. The molecular weight excluding hydrogens is 338 g/mol. The van der Waals surface area contributed by atoms with Crippen molar-refractivity contribution in [3.63, 3.8) is 0 Å². The summed E-state index contributed by atoms with van der Waals surface area (Å²) < 4.78 is 5.19. The highest BCUT2D eigenvalue weighted by molar-refractivity contribution is 7.12. The zero-order valence-electron chi connectivity index (χ0n) is 13.7. The lowest BCUT2D eigenvalue weighted by atomic mass is 10.2. The highest BCUT2D eigenvalue weighted by atomic mass is 32.1. The minimum absolute atomic E-state index is 0.118. The molecule has 1 fully saturated rings. The van der Waals surface area contributed by atoms with Gasteiger partial charge < -0.3 is 15.0 Å². The average molecular weight is 357 g/mol. The van der Waals surface area contributed by atoms with E-state index in [4.69, 9.17) is 4.74 Å². The van der Waals surface area contributed by atoms with Gasteiger partial charge in [0, 0.05) is 42.5 Å². The Balaban J connectivity index is 1.53. The van der Waals surface area contributed by atoms with E-state index in [1.54, 1.807) is 0 Å². The molecule has 130 valence electrons. The average Bonchev–Trinajstić information content (AvgIpc) is 3.02. The summed E-state index contributed by atoms with van der Waals surface area (Å²) in [5, 5.41) is 4.68. The van der Waals surface area contributed by atoms with E-state index in [-0.39, 0.29) is 10.6 Å². The second-order valence-electron chi connectivity index (χ2n) is 6.07. The zero-order chi connectivity index (χ0) is 17.2. The van der Waals surface area contributed by atoms with Gasteiger partial charge in [0.25, 0.3) is 10.6 Å². The number of hydrogen-bond acceptors (Lipinski definition) is 5. The number of amides is 1. The minimum Gasteiger partial charge on any atom is -0.379 e. The largest absolute Gasteiger partial charge is 0.379 e. The van der Waals surface area contributed by atoms with Crippen LogP contribution in [-0.2, 0) is 4.74 Å². The third-order valence-corrected chi connectivity index (χ3v) is 5.38. The maximum Gasteiger partial charge on any atom is 0.261 e. The van der Waals surface area contributed by atoms with Crippen LogP contribution in [0.25, 0.3) is 21.8 Å². The highest BCUT2D eigenvalue weighted by Gasteiger charge is 2.15. The molecule has 1 aromatic carbocycles. The molecule has 7 heteroatoms. The van der Waals surface area contributed by atoms with Crippen molar-refractivity contribution in [3.05, 3.63) is 44.7 Å². The van der Waals surface area contributed by atoms with E-state index in [0.717, 1.165) is 60.5 Å². The molecule has 4 rings (SSSR count). The van der Waals surface area contributed by atoms with Gasteiger partial charge in [0.2, 0.25) is 0 Å². The predicted molar refractivity (Wildman–Crippen MR) is 99.5 cm³/mol. The van der Waals surface area contributed by atoms with Gasteiger partial charge in [-0.05, 0) is 12.1 Å². The lowest BCUT2D eigenvalue weighted by Gasteiger charge is -2.26. The molecule has 1 amide bonds. The van der Waals surface area contributed by atoms with E-state index in [9.17, 15) is 9.59 Å². The SMILES string of the molecule is O=C(NCCN1CCOCC1)c1cc2c([nH]c3ccccc32)c(=O)s1. The van der Waals surface area contributed by atoms with E-state index in [1.807, 2.05) is 30.3 Å². The van der Waals surface area contributed by atoms with Crippen LogP contribution in [0.2, 0.25) is 0 Å². The van der Waals surface area contributed by atoms with Gasteiger partial charge in [-0.3, -0.25) is 14.5 Å². The first kappa shape index (κ1) is 16.3. The van der Waals surface area contributed by atoms with Crippen molar-refractivity contribution in [2.75, 3.05) is 39.4 Å². The van der Waals surface area contributed by atoms with Crippen molar-refractivity contribution in [2.24, 2.45) is 0 Å². The lowest BCUT2D eigenvalue weighted by molar-refractivity contribution is 0.0383. The number of benzene rings is 1. The lowest BCUT2D eigenvalue weighted by Crippen LogP contribution is -2.41. The Kier molecular flexibility index (Phi) is 4.52. The first-order chi connectivity index (χ1) is 12.2. The number of aromatic nitrogens is 1. The maximum atomic E-state index is 12.4. The monoisotopic (exact) mass is 357 g/mol. The third-order valence-electron chi connectivity index (χ3n) is 4.47. The van der Waals surface area contributed by atoms with Crippen molar-refractivity contribution in [3.8, 4) is 0 Å². The number of para-hydroxylation sites is 1. The van der Waals surface area contributed by atoms with Crippen LogP contribution < -0.4 is 10.1 Å². The molecule has 2 N–H and O–H groups in total. The molecule has 3 aromatic rings. The Hall–Kier alpha value is -2.22. The molecule has 2 aromatic heterocycles. The van der Waals surface area contributed by atoms with Crippen molar-refractivity contribution in [1.29, 1.82) is 0 Å². The second kappa shape index (κ2) is 6.95. The first-order valence-electron chi connectivity index (χ1n) is 8.35. The third kappa shape index (κ3) is 3.30. The standard InChI is InChI=1S/C18H19N3O3S/c22-17(19-5-6-21-7-9-24-10-8-21)15-11-13-12-3-1-2-4-14(12)20-16(13)18(23)25-15/h1-4,11,20H,5-10H2,(H,19,22). The predicted octanol–water partition coefficient (Wildman–Crippen LogP) is 1.80. The Bertz CT molecular complexity index is 973. The highest BCUT2D eigenvalue weighted by Crippen LogP contribution is 2.25. The summed E-state index contributed by atoms with van der Waals surface area (Å²) in [6.07, 6.45) is 0. The van der Waals surface area contributed by atoms with E-state index in [2.05, 4.69) is 15.2 Å². The summed E-state index contributed by atoms with van der Waals surface area (Å²) >= 11 is 0.984. The summed E-state index contributed by atoms with van der Waals surface area (Å²) in [5.74, 6) is -0.192. The van der Waals surface area contributed by atoms with Crippen molar-refractivity contribution in [1.82, 2.24) is 15.2 Å². The zero-order valence-corrected chi connectivity index (χ0v) is 14.5. The van der Waals surface area contributed by atoms with Crippen LogP contribution in [-0.4, -0.2) is 55.2 Å². The summed E-state index contributed by atoms with van der Waals surface area (Å²) in [4.78, 5) is 30.7. The normalized spacial score (nSPS) is 15.7. The summed E-state index contributed by atoms with van der Waals surface area (Å²) in [6, 6.07) is 9.55. The Labute approximate surface area is 148 Å². The molecule has 0 saturated carbocycles. The summed E-state index contributed by atoms with van der Waals surface area (Å²) in [5.41, 5.74) is 1.47. The Morgan fingerprint density at radius 3 is 2.88 bits per heavy atom. The van der Waals surface area contributed by atoms with Crippen LogP contribution >= 0.6 is 11.3 Å². The maximum absolute atomic E-state index is 12.4. The van der Waals surface area contributed by atoms with Gasteiger partial charge in [-0.2, -0.15) is 0 Å². The molecule has 0 spiro atoms. The number of carbonyl (C=O) groups excluding carboxylic acids is 1. The number of hydrogen-bond donors (Lipinski definition) is 2. The minimum atomic E-state index is -0.192. The van der Waals surface area contributed by atoms with Crippen molar-refractivity contribution >= 4 is 39.0 Å². The van der Waals surface area contributed by atoms with Crippen molar-refractivity contribution < 1.29 is 9.53 Å². The fourth-order valence-electron chi connectivity index (χ4n) is 3.14. The number of ether oxygens (including phenoxy) is 1. The number of aromatic amines is 1. The molecule has 0 radical (unpaired) electrons. The van der Waals surface area contributed by atoms with Crippen molar-refractivity contribution in [2.45, 2.75) is 0 Å². The number of H-pyrrole nitrogens is 1. The van der Waals surface area contributed by atoms with E-state index < -0.39 is 0 Å². The summed E-state index contributed by atoms with van der Waals surface area (Å²) in [6.45, 7) is 4.62. The molecule has 1 aliphatic heterocycles. The van der Waals surface area contributed by atoms with Crippen LogP contribution in [0.5, 0.6) is 0 Å². The molecule has 1 aliphatic rings. The van der Waals surface area contributed by atoms with Gasteiger partial charge in [0.05, 0.1) is 18.1 Å². The Morgan fingerprint density at radius 2 is 2.04 bits per heavy atom. The topological polar surface area (TPSA) is 74.4 Å². The van der Waals surface area contributed by atoms with Gasteiger partial charge in [0.15, 0.2) is 0 Å². The number of nitrogens with zero attached hydrogens (tertiary/aromatic N) is 1. The fraction of sp³-hybridized carbons (Fsp3) is 0.333. The molecule has 3 heterocycles. The van der Waals surface area contributed by atoms with E-state index in [1.165, 1.54) is 0 Å². The van der Waals surface area contributed by atoms with Gasteiger partial charge in [-0.25, -0.2) is 0 Å². The molecular formula is C18H19N3O3S. The van der Waals surface area contributed by atoms with Crippen LogP contribution in [0.4, 0.5) is 0 Å². The molecule has 0 unspecified atom stereocenters. The van der Waals surface area contributed by atoms with Gasteiger partial charge >= 0.3 is 0 Å². The molecule has 6 nitrogen and oxygen atoms in total. The molecule has 0 bridgehead atoms. The second-order valence-corrected chi connectivity index (χ2v) is 7.08. The van der Waals surface area contributed by atoms with E-state index >= 15 is 0 Å². The number of fused-ring (bicyclic) bond motifs is 3. The fourth-order valence-corrected chi connectivity index (χ4v) is 3.94. The van der Waals surface area contributed by atoms with Gasteiger partial charge in [0.1, 0.15) is 5.52 Å². The molecule has 0 aliphatic carbocycles. The van der Waals surface area contributed by atoms with E-state index in [0.29, 0.717) is 16.9 Å². The number of morpholine rings is 1.